The number of hydrogen-bond acceptors (Lipinski definition) is 5. The zero-order valence-electron chi connectivity index (χ0n) is 9.97. The number of aromatic nitrogens is 1. The number of hydrogen-bond donors (Lipinski definition) is 1. The van der Waals surface area contributed by atoms with Gasteiger partial charge in [-0.15, -0.1) is 0 Å². The van der Waals surface area contributed by atoms with Crippen molar-refractivity contribution in [1.82, 2.24) is 4.98 Å². The minimum absolute atomic E-state index is 0.0266. The molecule has 0 aliphatic heterocycles. The second-order valence-electron chi connectivity index (χ2n) is 3.87. The number of aryl methyl sites for hydroxylation is 1. The summed E-state index contributed by atoms with van der Waals surface area (Å²) < 4.78 is 11.0. The predicted octanol–water partition coefficient (Wildman–Crippen LogP) is 1.48. The quantitative estimate of drug-likeness (QED) is 0.638. The van der Waals surface area contributed by atoms with Gasteiger partial charge in [-0.25, -0.2) is 4.98 Å². The molecular weight excluding hydrogens is 242 g/mol. The summed E-state index contributed by atoms with van der Waals surface area (Å²) >= 11 is 0. The van der Waals surface area contributed by atoms with Gasteiger partial charge in [0.25, 0.3) is 0 Å². The summed E-state index contributed by atoms with van der Waals surface area (Å²) in [4.78, 5) is 14.4. The van der Waals surface area contributed by atoms with Crippen LogP contribution in [0.15, 0.2) is 12.3 Å². The number of nitro groups is 1. The molecule has 6 nitrogen and oxygen atoms in total. The molecule has 1 aromatic rings. The molecule has 0 spiro atoms. The van der Waals surface area contributed by atoms with Crippen LogP contribution in [0.3, 0.4) is 0 Å². The second-order valence-corrected chi connectivity index (χ2v) is 5.35. The highest BCUT2D eigenvalue weighted by Gasteiger charge is 2.19. The van der Waals surface area contributed by atoms with Crippen LogP contribution in [0, 0.1) is 17.0 Å². The monoisotopic (exact) mass is 257 g/mol. The van der Waals surface area contributed by atoms with E-state index >= 15 is 0 Å². The van der Waals surface area contributed by atoms with Crippen LogP contribution < -0.4 is 5.32 Å². The Balaban J connectivity index is 2.94. The van der Waals surface area contributed by atoms with E-state index in [0.717, 1.165) is 0 Å². The van der Waals surface area contributed by atoms with Crippen molar-refractivity contribution in [2.45, 2.75) is 19.9 Å². The molecule has 1 aromatic heterocycles. The average Bonchev–Trinajstić information content (AvgIpc) is 2.15. The molecule has 0 saturated heterocycles. The highest BCUT2D eigenvalue weighted by atomic mass is 32.2. The molecule has 0 aliphatic carbocycles. The molecule has 0 aromatic carbocycles. The molecule has 94 valence electrons. The summed E-state index contributed by atoms with van der Waals surface area (Å²) in [5.74, 6) is 0.653. The third-order valence-corrected chi connectivity index (χ3v) is 3.15. The van der Waals surface area contributed by atoms with Crippen LogP contribution in [0.2, 0.25) is 0 Å². The van der Waals surface area contributed by atoms with E-state index in [1.54, 1.807) is 19.2 Å². The first-order valence-corrected chi connectivity index (χ1v) is 6.81. The molecule has 0 amide bonds. The zero-order chi connectivity index (χ0) is 13.0. The predicted molar refractivity (Wildman–Crippen MR) is 67.6 cm³/mol. The van der Waals surface area contributed by atoms with Gasteiger partial charge in [-0.1, -0.05) is 0 Å². The molecule has 2 unspecified atom stereocenters. The fourth-order valence-electron chi connectivity index (χ4n) is 1.51. The molecule has 2 atom stereocenters. The van der Waals surface area contributed by atoms with Crippen molar-refractivity contribution in [3.8, 4) is 0 Å². The Labute approximate surface area is 102 Å². The van der Waals surface area contributed by atoms with E-state index in [2.05, 4.69) is 10.3 Å². The van der Waals surface area contributed by atoms with E-state index < -0.39 is 15.7 Å². The van der Waals surface area contributed by atoms with Crippen LogP contribution in [0.4, 0.5) is 11.5 Å². The van der Waals surface area contributed by atoms with Gasteiger partial charge in [-0.3, -0.25) is 14.3 Å². The highest BCUT2D eigenvalue weighted by Crippen LogP contribution is 2.25. The first-order valence-electron chi connectivity index (χ1n) is 5.08. The van der Waals surface area contributed by atoms with Crippen molar-refractivity contribution in [1.29, 1.82) is 0 Å². The van der Waals surface area contributed by atoms with Gasteiger partial charge in [0.1, 0.15) is 0 Å². The lowest BCUT2D eigenvalue weighted by Crippen LogP contribution is -2.23. The van der Waals surface area contributed by atoms with Crippen molar-refractivity contribution < 1.29 is 9.13 Å². The minimum atomic E-state index is -0.952. The Morgan fingerprint density at radius 1 is 1.65 bits per heavy atom. The van der Waals surface area contributed by atoms with Gasteiger partial charge in [0, 0.05) is 40.6 Å². The van der Waals surface area contributed by atoms with Crippen LogP contribution in [0.25, 0.3) is 0 Å². The molecule has 1 heterocycles. The van der Waals surface area contributed by atoms with Crippen LogP contribution >= 0.6 is 0 Å². The van der Waals surface area contributed by atoms with Gasteiger partial charge in [0.15, 0.2) is 0 Å². The Morgan fingerprint density at radius 3 is 2.82 bits per heavy atom. The first-order chi connectivity index (χ1) is 7.91. The molecule has 1 N–H and O–H groups in total. The summed E-state index contributed by atoms with van der Waals surface area (Å²) in [7, 11) is -0.952. The van der Waals surface area contributed by atoms with Crippen molar-refractivity contribution in [2.24, 2.45) is 0 Å². The van der Waals surface area contributed by atoms with Crippen molar-refractivity contribution in [2.75, 3.05) is 17.3 Å². The van der Waals surface area contributed by atoms with Crippen LogP contribution in [-0.4, -0.2) is 32.2 Å². The SMILES string of the molecule is Cc1ccnc(NC(C)CS(C)=O)c1[N+](=O)[O-]. The maximum atomic E-state index is 11.0. The number of nitrogens with zero attached hydrogens (tertiary/aromatic N) is 2. The maximum Gasteiger partial charge on any atom is 0.314 e. The standard InChI is InChI=1S/C10H15N3O3S/c1-7-4-5-11-10(9(7)13(14)15)12-8(2)6-17(3)16/h4-5,8H,6H2,1-3H3,(H,11,12). The minimum Gasteiger partial charge on any atom is -0.361 e. The lowest BCUT2D eigenvalue weighted by molar-refractivity contribution is -0.384. The van der Waals surface area contributed by atoms with Crippen LogP contribution in [0.5, 0.6) is 0 Å². The first kappa shape index (κ1) is 13.6. The van der Waals surface area contributed by atoms with Gasteiger partial charge < -0.3 is 5.32 Å². The summed E-state index contributed by atoms with van der Waals surface area (Å²) in [5, 5.41) is 13.8. The molecule has 7 heteroatoms. The van der Waals surface area contributed by atoms with Gasteiger partial charge in [-0.2, -0.15) is 0 Å². The Kier molecular flexibility index (Phi) is 4.56. The van der Waals surface area contributed by atoms with E-state index in [1.165, 1.54) is 6.20 Å². The average molecular weight is 257 g/mol. The van der Waals surface area contributed by atoms with E-state index in [0.29, 0.717) is 11.3 Å². The van der Waals surface area contributed by atoms with Gasteiger partial charge in [-0.05, 0) is 19.9 Å². The molecule has 0 bridgehead atoms. The van der Waals surface area contributed by atoms with Gasteiger partial charge in [0.2, 0.25) is 5.82 Å². The number of rotatable bonds is 5. The third-order valence-electron chi connectivity index (χ3n) is 2.18. The lowest BCUT2D eigenvalue weighted by atomic mass is 10.2. The molecular formula is C10H15N3O3S. The summed E-state index contributed by atoms with van der Waals surface area (Å²) in [6.45, 7) is 3.47. The Hall–Kier alpha value is -1.50. The highest BCUT2D eigenvalue weighted by molar-refractivity contribution is 7.84. The molecule has 0 fully saturated rings. The van der Waals surface area contributed by atoms with Crippen LogP contribution in [0.1, 0.15) is 12.5 Å². The van der Waals surface area contributed by atoms with Crippen molar-refractivity contribution >= 4 is 22.3 Å². The molecule has 17 heavy (non-hydrogen) atoms. The van der Waals surface area contributed by atoms with Crippen molar-refractivity contribution in [3.63, 3.8) is 0 Å². The normalized spacial score (nSPS) is 14.1. The fourth-order valence-corrected chi connectivity index (χ4v) is 2.30. The second kappa shape index (κ2) is 5.72. The Bertz CT molecular complexity index is 450. The van der Waals surface area contributed by atoms with Gasteiger partial charge in [0.05, 0.1) is 4.92 Å². The third kappa shape index (κ3) is 3.77. The topological polar surface area (TPSA) is 85.1 Å². The summed E-state index contributed by atoms with van der Waals surface area (Å²) in [6, 6.07) is 1.46. The molecule has 0 saturated carbocycles. The Morgan fingerprint density at radius 2 is 2.29 bits per heavy atom. The number of anilines is 1. The zero-order valence-corrected chi connectivity index (χ0v) is 10.8. The summed E-state index contributed by atoms with van der Waals surface area (Å²) in [5.41, 5.74) is 0.526. The molecule has 0 radical (unpaired) electrons. The smallest absolute Gasteiger partial charge is 0.314 e. The molecule has 1 rings (SSSR count). The van der Waals surface area contributed by atoms with E-state index in [4.69, 9.17) is 0 Å². The largest absolute Gasteiger partial charge is 0.361 e. The molecule has 0 aliphatic rings. The van der Waals surface area contributed by atoms with Crippen molar-refractivity contribution in [3.05, 3.63) is 27.9 Å². The fraction of sp³-hybridized carbons (Fsp3) is 0.500. The lowest BCUT2D eigenvalue weighted by Gasteiger charge is -2.13. The number of nitrogens with one attached hydrogen (secondary N) is 1. The van der Waals surface area contributed by atoms with E-state index in [-0.39, 0.29) is 17.5 Å². The van der Waals surface area contributed by atoms with Crippen LogP contribution in [-0.2, 0) is 10.8 Å². The maximum absolute atomic E-state index is 11.0. The van der Waals surface area contributed by atoms with E-state index in [1.807, 2.05) is 6.92 Å². The number of pyridine rings is 1. The van der Waals surface area contributed by atoms with E-state index in [9.17, 15) is 14.3 Å². The summed E-state index contributed by atoms with van der Waals surface area (Å²) in [6.07, 6.45) is 3.11. The van der Waals surface area contributed by atoms with Gasteiger partial charge >= 0.3 is 5.69 Å².